The highest BCUT2D eigenvalue weighted by atomic mass is 16.6. The fraction of sp³-hybridized carbons (Fsp3) is 0.364. The van der Waals surface area contributed by atoms with Gasteiger partial charge < -0.3 is 9.15 Å². The molecule has 7 nitrogen and oxygen atoms in total. The number of hydrogen-bond acceptors (Lipinski definition) is 6. The van der Waals surface area contributed by atoms with Gasteiger partial charge in [-0.2, -0.15) is 5.26 Å². The van der Waals surface area contributed by atoms with Gasteiger partial charge in [0.2, 0.25) is 0 Å². The number of nitro benzene ring substituents is 1. The normalized spacial score (nSPS) is 11.1. The monoisotopic (exact) mass is 396 g/mol. The average Bonchev–Trinajstić information content (AvgIpc) is 3.20. The largest absolute Gasteiger partial charge is 0.462 e. The molecule has 0 unspecified atom stereocenters. The van der Waals surface area contributed by atoms with Gasteiger partial charge in [-0.15, -0.1) is 0 Å². The third kappa shape index (κ3) is 6.92. The molecule has 29 heavy (non-hydrogen) atoms. The van der Waals surface area contributed by atoms with Crippen LogP contribution in [-0.4, -0.2) is 17.5 Å². The van der Waals surface area contributed by atoms with E-state index in [2.05, 4.69) is 6.92 Å². The Morgan fingerprint density at radius 2 is 1.83 bits per heavy atom. The lowest BCUT2D eigenvalue weighted by atomic mass is 10.1. The standard InChI is InChI=1S/C22H24N2O5/c1-2-3-4-5-6-7-14-28-22(25)18(16-23)15-20-12-13-21(29-20)17-8-10-19(11-9-17)24(26)27/h8-13,15H,2-7,14H2,1H3/b18-15+. The van der Waals surface area contributed by atoms with Crippen molar-refractivity contribution in [3.05, 3.63) is 57.8 Å². The molecule has 2 aromatic rings. The van der Waals surface area contributed by atoms with Gasteiger partial charge >= 0.3 is 5.97 Å². The number of benzene rings is 1. The zero-order valence-electron chi connectivity index (χ0n) is 16.4. The van der Waals surface area contributed by atoms with Crippen LogP contribution in [0.4, 0.5) is 5.69 Å². The lowest BCUT2D eigenvalue weighted by Gasteiger charge is -2.03. The minimum Gasteiger partial charge on any atom is -0.462 e. The van der Waals surface area contributed by atoms with Crippen LogP contribution < -0.4 is 0 Å². The van der Waals surface area contributed by atoms with Crippen molar-refractivity contribution in [2.45, 2.75) is 45.4 Å². The van der Waals surface area contributed by atoms with E-state index in [4.69, 9.17) is 9.15 Å². The molecule has 1 aromatic heterocycles. The van der Waals surface area contributed by atoms with Crippen molar-refractivity contribution in [1.82, 2.24) is 0 Å². The number of nitro groups is 1. The Balaban J connectivity index is 1.93. The fourth-order valence-electron chi connectivity index (χ4n) is 2.74. The van der Waals surface area contributed by atoms with E-state index in [1.807, 2.05) is 6.07 Å². The number of nitriles is 1. The predicted molar refractivity (Wildman–Crippen MR) is 109 cm³/mol. The second-order valence-corrected chi connectivity index (χ2v) is 6.58. The highest BCUT2D eigenvalue weighted by Gasteiger charge is 2.13. The number of carbonyl (C=O) groups excluding carboxylic acids is 1. The highest BCUT2D eigenvalue weighted by Crippen LogP contribution is 2.25. The summed E-state index contributed by atoms with van der Waals surface area (Å²) in [7, 11) is 0. The molecular formula is C22H24N2O5. The molecule has 0 amide bonds. The minimum atomic E-state index is -0.672. The first kappa shape index (κ1) is 21.9. The molecule has 0 aliphatic heterocycles. The maximum absolute atomic E-state index is 12.1. The summed E-state index contributed by atoms with van der Waals surface area (Å²) >= 11 is 0. The van der Waals surface area contributed by atoms with Gasteiger partial charge in [-0.25, -0.2) is 4.79 Å². The second-order valence-electron chi connectivity index (χ2n) is 6.58. The lowest BCUT2D eigenvalue weighted by molar-refractivity contribution is -0.384. The summed E-state index contributed by atoms with van der Waals surface area (Å²) in [5, 5.41) is 20.0. The van der Waals surface area contributed by atoms with E-state index in [0.717, 1.165) is 19.3 Å². The SMILES string of the molecule is CCCCCCCCOC(=O)/C(C#N)=C/c1ccc(-c2ccc([N+](=O)[O-])cc2)o1. The van der Waals surface area contributed by atoms with Gasteiger partial charge in [-0.1, -0.05) is 39.0 Å². The van der Waals surface area contributed by atoms with E-state index in [-0.39, 0.29) is 17.9 Å². The van der Waals surface area contributed by atoms with E-state index in [1.165, 1.54) is 37.5 Å². The summed E-state index contributed by atoms with van der Waals surface area (Å²) in [6.07, 6.45) is 7.80. The Morgan fingerprint density at radius 3 is 2.48 bits per heavy atom. The number of esters is 1. The van der Waals surface area contributed by atoms with Crippen LogP contribution in [0.15, 0.2) is 46.4 Å². The molecule has 152 valence electrons. The summed E-state index contributed by atoms with van der Waals surface area (Å²) < 4.78 is 10.8. The zero-order valence-corrected chi connectivity index (χ0v) is 16.4. The molecular weight excluding hydrogens is 372 g/mol. The summed E-state index contributed by atoms with van der Waals surface area (Å²) in [6.45, 7) is 2.45. The summed E-state index contributed by atoms with van der Waals surface area (Å²) in [5.41, 5.74) is 0.500. The Labute approximate surface area is 169 Å². The van der Waals surface area contributed by atoms with Crippen molar-refractivity contribution in [3.8, 4) is 17.4 Å². The van der Waals surface area contributed by atoms with Crippen LogP contribution in [-0.2, 0) is 9.53 Å². The van der Waals surface area contributed by atoms with Gasteiger partial charge in [0.1, 0.15) is 23.2 Å². The molecule has 0 aliphatic carbocycles. The topological polar surface area (TPSA) is 106 Å². The molecule has 0 N–H and O–H groups in total. The zero-order chi connectivity index (χ0) is 21.1. The number of furan rings is 1. The molecule has 0 bridgehead atoms. The van der Waals surface area contributed by atoms with E-state index >= 15 is 0 Å². The first-order valence-electron chi connectivity index (χ1n) is 9.68. The number of nitrogens with zero attached hydrogens (tertiary/aromatic N) is 2. The molecule has 0 fully saturated rings. The van der Waals surface area contributed by atoms with Gasteiger partial charge in [0.05, 0.1) is 11.5 Å². The Morgan fingerprint density at radius 1 is 1.14 bits per heavy atom. The molecule has 0 saturated heterocycles. The van der Waals surface area contributed by atoms with Crippen molar-refractivity contribution in [3.63, 3.8) is 0 Å². The van der Waals surface area contributed by atoms with Gasteiger partial charge in [0.25, 0.3) is 5.69 Å². The molecule has 0 spiro atoms. The molecule has 2 rings (SSSR count). The molecule has 1 heterocycles. The molecule has 0 aliphatic rings. The third-order valence-corrected chi connectivity index (χ3v) is 4.35. The predicted octanol–water partition coefficient (Wildman–Crippen LogP) is 5.67. The number of ether oxygens (including phenoxy) is 1. The second kappa shape index (κ2) is 11.4. The third-order valence-electron chi connectivity index (χ3n) is 4.35. The van der Waals surface area contributed by atoms with Gasteiger partial charge in [0, 0.05) is 23.8 Å². The fourth-order valence-corrected chi connectivity index (χ4v) is 2.74. The first-order valence-corrected chi connectivity index (χ1v) is 9.68. The van der Waals surface area contributed by atoms with Gasteiger partial charge in [-0.3, -0.25) is 10.1 Å². The Bertz CT molecular complexity index is 891. The summed E-state index contributed by atoms with van der Waals surface area (Å²) in [4.78, 5) is 22.3. The quantitative estimate of drug-likeness (QED) is 0.121. The number of hydrogen-bond donors (Lipinski definition) is 0. The maximum atomic E-state index is 12.1. The van der Waals surface area contributed by atoms with Crippen LogP contribution in [0, 0.1) is 21.4 Å². The Hall–Kier alpha value is -3.40. The van der Waals surface area contributed by atoms with E-state index in [9.17, 15) is 20.2 Å². The van der Waals surface area contributed by atoms with Crippen molar-refractivity contribution in [2.24, 2.45) is 0 Å². The van der Waals surface area contributed by atoms with Crippen LogP contribution in [0.25, 0.3) is 17.4 Å². The minimum absolute atomic E-state index is 0.0136. The molecule has 0 atom stereocenters. The first-order chi connectivity index (χ1) is 14.0. The highest BCUT2D eigenvalue weighted by molar-refractivity contribution is 5.97. The van der Waals surface area contributed by atoms with E-state index in [0.29, 0.717) is 17.1 Å². The van der Waals surface area contributed by atoms with Crippen LogP contribution >= 0.6 is 0 Å². The van der Waals surface area contributed by atoms with E-state index in [1.54, 1.807) is 24.3 Å². The molecule has 1 aromatic carbocycles. The lowest BCUT2D eigenvalue weighted by Crippen LogP contribution is -2.07. The van der Waals surface area contributed by atoms with Gasteiger partial charge in [0.15, 0.2) is 0 Å². The average molecular weight is 396 g/mol. The number of carbonyl (C=O) groups is 1. The molecule has 0 saturated carbocycles. The molecule has 0 radical (unpaired) electrons. The van der Waals surface area contributed by atoms with Crippen molar-refractivity contribution in [1.29, 1.82) is 5.26 Å². The van der Waals surface area contributed by atoms with Crippen LogP contribution in [0.2, 0.25) is 0 Å². The van der Waals surface area contributed by atoms with Crippen molar-refractivity contribution < 1.29 is 18.9 Å². The Kier molecular flexibility index (Phi) is 8.64. The van der Waals surface area contributed by atoms with Crippen molar-refractivity contribution >= 4 is 17.7 Å². The van der Waals surface area contributed by atoms with E-state index < -0.39 is 10.9 Å². The number of non-ortho nitro benzene ring substituents is 1. The van der Waals surface area contributed by atoms with Crippen LogP contribution in [0.5, 0.6) is 0 Å². The van der Waals surface area contributed by atoms with Gasteiger partial charge in [-0.05, 0) is 30.7 Å². The summed E-state index contributed by atoms with van der Waals surface area (Å²) in [6, 6.07) is 11.0. The smallest absolute Gasteiger partial charge is 0.349 e. The number of unbranched alkanes of at least 4 members (excludes halogenated alkanes) is 5. The maximum Gasteiger partial charge on any atom is 0.349 e. The molecule has 7 heteroatoms. The van der Waals surface area contributed by atoms with Crippen LogP contribution in [0.3, 0.4) is 0 Å². The van der Waals surface area contributed by atoms with Crippen molar-refractivity contribution in [2.75, 3.05) is 6.61 Å². The van der Waals surface area contributed by atoms with Crippen LogP contribution in [0.1, 0.15) is 51.2 Å². The number of rotatable bonds is 11. The summed E-state index contributed by atoms with van der Waals surface area (Å²) in [5.74, 6) is 0.129.